The molecule has 130 valence electrons. The Balaban J connectivity index is 2.23. The predicted molar refractivity (Wildman–Crippen MR) is 89.5 cm³/mol. The normalized spacial score (nSPS) is 31.2. The minimum Gasteiger partial charge on any atom is -0.368 e. The van der Waals surface area contributed by atoms with Crippen LogP contribution < -0.4 is 16.4 Å². The molecule has 0 aromatic carbocycles. The van der Waals surface area contributed by atoms with Crippen LogP contribution in [0.5, 0.6) is 0 Å². The first-order valence-corrected chi connectivity index (χ1v) is 8.94. The molecule has 0 aromatic heterocycles. The summed E-state index contributed by atoms with van der Waals surface area (Å²) in [4.78, 5) is 38.6. The summed E-state index contributed by atoms with van der Waals surface area (Å²) in [5.41, 5.74) is 5.21. The van der Waals surface area contributed by atoms with Crippen LogP contribution in [0.15, 0.2) is 0 Å². The summed E-state index contributed by atoms with van der Waals surface area (Å²) < 4.78 is 0. The van der Waals surface area contributed by atoms with Gasteiger partial charge in [0, 0.05) is 0 Å². The van der Waals surface area contributed by atoms with Gasteiger partial charge in [-0.25, -0.2) is 0 Å². The van der Waals surface area contributed by atoms with Crippen molar-refractivity contribution in [3.63, 3.8) is 0 Å². The van der Waals surface area contributed by atoms with Crippen LogP contribution in [-0.2, 0) is 14.4 Å². The molecule has 2 fully saturated rings. The minimum atomic E-state index is -0.633. The van der Waals surface area contributed by atoms with Crippen molar-refractivity contribution in [2.45, 2.75) is 57.1 Å². The maximum Gasteiger partial charge on any atom is 0.246 e. The van der Waals surface area contributed by atoms with E-state index in [0.717, 1.165) is 12.2 Å². The molecule has 2 aliphatic heterocycles. The smallest absolute Gasteiger partial charge is 0.246 e. The zero-order chi connectivity index (χ0) is 17.4. The average Bonchev–Trinajstić information content (AvgIpc) is 2.66. The fourth-order valence-electron chi connectivity index (χ4n) is 3.32. The van der Waals surface area contributed by atoms with E-state index in [2.05, 4.69) is 10.6 Å². The Hall–Kier alpha value is -1.28. The van der Waals surface area contributed by atoms with Crippen molar-refractivity contribution in [1.82, 2.24) is 15.5 Å². The zero-order valence-electron chi connectivity index (χ0n) is 14.1. The van der Waals surface area contributed by atoms with Crippen LogP contribution in [0.2, 0.25) is 0 Å². The van der Waals surface area contributed by atoms with E-state index in [1.807, 2.05) is 13.8 Å². The van der Waals surface area contributed by atoms with E-state index in [0.29, 0.717) is 6.42 Å². The second kappa shape index (κ2) is 6.68. The van der Waals surface area contributed by atoms with E-state index in [9.17, 15) is 14.4 Å². The lowest BCUT2D eigenvalue weighted by atomic mass is 9.84. The molecule has 0 saturated carbocycles. The van der Waals surface area contributed by atoms with Crippen LogP contribution in [0.4, 0.5) is 0 Å². The van der Waals surface area contributed by atoms with Crippen molar-refractivity contribution in [2.24, 2.45) is 11.1 Å². The van der Waals surface area contributed by atoms with Crippen LogP contribution in [0.1, 0.15) is 33.6 Å². The molecule has 23 heavy (non-hydrogen) atoms. The molecule has 8 heteroatoms. The maximum atomic E-state index is 12.9. The van der Waals surface area contributed by atoms with Crippen LogP contribution >= 0.6 is 11.8 Å². The standard InChI is InChI=1S/C15H26N4O3S/c1-8(17-4)13(21)18-9-5-6-23-10-7-15(2,3)11(12(16)20)19(10)14(9)22/h8-11,17H,5-7H2,1-4H3,(H2,16,20)(H,18,21)/t8-,9?,10?,11?/m0/s1. The Labute approximate surface area is 141 Å². The van der Waals surface area contributed by atoms with Gasteiger partial charge in [0.05, 0.1) is 11.4 Å². The number of nitrogens with zero attached hydrogens (tertiary/aromatic N) is 1. The van der Waals surface area contributed by atoms with Gasteiger partial charge >= 0.3 is 0 Å². The van der Waals surface area contributed by atoms with E-state index >= 15 is 0 Å². The van der Waals surface area contributed by atoms with E-state index in [1.165, 1.54) is 0 Å². The van der Waals surface area contributed by atoms with Gasteiger partial charge in [0.25, 0.3) is 0 Å². The van der Waals surface area contributed by atoms with Gasteiger partial charge in [-0.15, -0.1) is 11.8 Å². The highest BCUT2D eigenvalue weighted by atomic mass is 32.2. The Morgan fingerprint density at radius 1 is 1.43 bits per heavy atom. The summed E-state index contributed by atoms with van der Waals surface area (Å²) >= 11 is 1.66. The maximum absolute atomic E-state index is 12.9. The zero-order valence-corrected chi connectivity index (χ0v) is 14.9. The van der Waals surface area contributed by atoms with Crippen LogP contribution in [-0.4, -0.2) is 58.9 Å². The number of primary amides is 1. The molecule has 0 aromatic rings. The lowest BCUT2D eigenvalue weighted by Crippen LogP contribution is -2.57. The van der Waals surface area contributed by atoms with Gasteiger partial charge in [-0.05, 0) is 38.0 Å². The van der Waals surface area contributed by atoms with Gasteiger partial charge in [0.15, 0.2) is 0 Å². The second-order valence-electron chi connectivity index (χ2n) is 6.93. The largest absolute Gasteiger partial charge is 0.368 e. The monoisotopic (exact) mass is 342 g/mol. The molecule has 0 aliphatic carbocycles. The fraction of sp³-hybridized carbons (Fsp3) is 0.800. The first-order chi connectivity index (χ1) is 10.7. The van der Waals surface area contributed by atoms with Crippen molar-refractivity contribution < 1.29 is 14.4 Å². The highest BCUT2D eigenvalue weighted by Crippen LogP contribution is 2.45. The summed E-state index contributed by atoms with van der Waals surface area (Å²) in [5.74, 6) is -0.149. The number of nitrogens with two attached hydrogens (primary N) is 1. The summed E-state index contributed by atoms with van der Waals surface area (Å²) in [6.45, 7) is 5.66. The van der Waals surface area contributed by atoms with E-state index in [4.69, 9.17) is 5.73 Å². The first kappa shape index (κ1) is 18.1. The van der Waals surface area contributed by atoms with Crippen LogP contribution in [0.25, 0.3) is 0 Å². The molecule has 3 amide bonds. The van der Waals surface area contributed by atoms with Crippen molar-refractivity contribution in [1.29, 1.82) is 0 Å². The molecule has 4 atom stereocenters. The van der Waals surface area contributed by atoms with Crippen molar-refractivity contribution in [3.05, 3.63) is 0 Å². The third-order valence-corrected chi connectivity index (χ3v) is 5.96. The number of rotatable bonds is 4. The third kappa shape index (κ3) is 3.47. The Bertz CT molecular complexity index is 511. The van der Waals surface area contributed by atoms with Crippen molar-refractivity contribution in [2.75, 3.05) is 12.8 Å². The number of amides is 3. The lowest BCUT2D eigenvalue weighted by molar-refractivity contribution is -0.142. The Morgan fingerprint density at radius 2 is 2.09 bits per heavy atom. The molecule has 0 bridgehead atoms. The number of hydrogen-bond donors (Lipinski definition) is 3. The first-order valence-electron chi connectivity index (χ1n) is 7.89. The summed E-state index contributed by atoms with van der Waals surface area (Å²) in [5, 5.41) is 5.60. The molecule has 2 aliphatic rings. The number of likely N-dealkylation sites (N-methyl/N-ethyl adjacent to an activating group) is 1. The number of hydrogen-bond acceptors (Lipinski definition) is 5. The van der Waals surface area contributed by atoms with Gasteiger partial charge in [0.1, 0.15) is 12.1 Å². The molecule has 2 rings (SSSR count). The predicted octanol–water partition coefficient (Wildman–Crippen LogP) is -0.345. The summed E-state index contributed by atoms with van der Waals surface area (Å²) in [6, 6.07) is -1.62. The average molecular weight is 342 g/mol. The lowest BCUT2D eigenvalue weighted by Gasteiger charge is -2.32. The topological polar surface area (TPSA) is 105 Å². The molecular weight excluding hydrogens is 316 g/mol. The molecule has 4 N–H and O–H groups in total. The van der Waals surface area contributed by atoms with E-state index < -0.39 is 18.0 Å². The summed E-state index contributed by atoms with van der Waals surface area (Å²) in [7, 11) is 1.69. The van der Waals surface area contributed by atoms with E-state index in [1.54, 1.807) is 30.6 Å². The van der Waals surface area contributed by atoms with Crippen molar-refractivity contribution >= 4 is 29.5 Å². The second-order valence-corrected chi connectivity index (χ2v) is 8.21. The molecule has 0 radical (unpaired) electrons. The van der Waals surface area contributed by atoms with Crippen LogP contribution in [0.3, 0.4) is 0 Å². The highest BCUT2D eigenvalue weighted by Gasteiger charge is 2.53. The van der Waals surface area contributed by atoms with Crippen molar-refractivity contribution in [3.8, 4) is 0 Å². The SMILES string of the molecule is CN[C@@H](C)C(=O)NC1CCSC2CC(C)(C)C(C(N)=O)N2C1=O. The number of carbonyl (C=O) groups excluding carboxylic acids is 3. The summed E-state index contributed by atoms with van der Waals surface area (Å²) in [6.07, 6.45) is 1.29. The Kier molecular flexibility index (Phi) is 5.25. The third-order valence-electron chi connectivity index (χ3n) is 4.71. The van der Waals surface area contributed by atoms with Gasteiger partial charge in [0.2, 0.25) is 17.7 Å². The Morgan fingerprint density at radius 3 is 2.65 bits per heavy atom. The quantitative estimate of drug-likeness (QED) is 0.648. The van der Waals surface area contributed by atoms with Gasteiger partial charge in [-0.1, -0.05) is 13.8 Å². The molecule has 7 nitrogen and oxygen atoms in total. The highest BCUT2D eigenvalue weighted by molar-refractivity contribution is 7.99. The number of nitrogens with one attached hydrogen (secondary N) is 2. The molecule has 2 saturated heterocycles. The molecule has 2 heterocycles. The molecular formula is C15H26N4O3S. The van der Waals surface area contributed by atoms with Gasteiger partial charge < -0.3 is 21.3 Å². The van der Waals surface area contributed by atoms with Gasteiger partial charge in [-0.2, -0.15) is 0 Å². The van der Waals surface area contributed by atoms with E-state index in [-0.39, 0.29) is 28.6 Å². The van der Waals surface area contributed by atoms with Gasteiger partial charge in [-0.3, -0.25) is 14.4 Å². The fourth-order valence-corrected chi connectivity index (χ4v) is 4.90. The molecule has 0 spiro atoms. The number of fused-ring (bicyclic) bond motifs is 1. The minimum absolute atomic E-state index is 0.0568. The number of carbonyl (C=O) groups is 3. The molecule has 3 unspecified atom stereocenters. The van der Waals surface area contributed by atoms with Crippen LogP contribution in [0, 0.1) is 5.41 Å². The number of thioether (sulfide) groups is 1.